The first-order chi connectivity index (χ1) is 19.1. The van der Waals surface area contributed by atoms with Crippen LogP contribution in [0.3, 0.4) is 0 Å². The highest BCUT2D eigenvalue weighted by Crippen LogP contribution is 2.38. The summed E-state index contributed by atoms with van der Waals surface area (Å²) >= 11 is 3.47. The largest absolute Gasteiger partial charge is 0.481 e. The molecular weight excluding hydrogens is 572 g/mol. The van der Waals surface area contributed by atoms with Gasteiger partial charge in [-0.1, -0.05) is 46.3 Å². The van der Waals surface area contributed by atoms with Crippen LogP contribution in [0.4, 0.5) is 17.1 Å². The second-order valence-electron chi connectivity index (χ2n) is 10.1. The third-order valence-electron chi connectivity index (χ3n) is 6.78. The minimum absolute atomic E-state index is 0.0240. The minimum atomic E-state index is -0.846. The molecule has 0 saturated heterocycles. The normalized spacial score (nSPS) is 14.7. The summed E-state index contributed by atoms with van der Waals surface area (Å²) in [4.78, 5) is 45.4. The first kappa shape index (κ1) is 29.2. The Kier molecular flexibility index (Phi) is 9.50. The van der Waals surface area contributed by atoms with Crippen LogP contribution >= 0.6 is 15.9 Å². The van der Waals surface area contributed by atoms with Gasteiger partial charge in [-0.3, -0.25) is 19.4 Å². The van der Waals surface area contributed by atoms with Crippen molar-refractivity contribution in [2.75, 3.05) is 37.4 Å². The molecule has 1 heterocycles. The number of benzene rings is 3. The maximum Gasteiger partial charge on any atom is 0.303 e. The Balaban J connectivity index is 1.69. The Hall–Kier alpha value is -3.82. The SMILES string of the molecule is CC(=O)N(CCCN(C)C)c1ccc(N=C(c2ccc(CCC(=O)O)cc2)C2C(=O)Nc3cc(Br)ccc32)cc1. The van der Waals surface area contributed by atoms with Gasteiger partial charge in [0.2, 0.25) is 11.8 Å². The number of carboxylic acid groups (broad SMARTS) is 1. The van der Waals surface area contributed by atoms with Gasteiger partial charge in [0, 0.05) is 35.7 Å². The number of nitrogens with zero attached hydrogens (tertiary/aromatic N) is 3. The molecule has 3 aromatic rings. The van der Waals surface area contributed by atoms with E-state index in [0.29, 0.717) is 24.4 Å². The number of aryl methyl sites for hydroxylation is 1. The van der Waals surface area contributed by atoms with Crippen LogP contribution in [-0.4, -0.2) is 60.7 Å². The number of aliphatic carboxylic acids is 1. The van der Waals surface area contributed by atoms with E-state index in [-0.39, 0.29) is 18.2 Å². The van der Waals surface area contributed by atoms with Gasteiger partial charge in [0.05, 0.1) is 11.4 Å². The van der Waals surface area contributed by atoms with Gasteiger partial charge in [0.15, 0.2) is 0 Å². The lowest BCUT2D eigenvalue weighted by Gasteiger charge is -2.22. The highest BCUT2D eigenvalue weighted by molar-refractivity contribution is 9.10. The molecule has 0 bridgehead atoms. The zero-order chi connectivity index (χ0) is 28.8. The van der Waals surface area contributed by atoms with Crippen molar-refractivity contribution >= 4 is 56.5 Å². The lowest BCUT2D eigenvalue weighted by Crippen LogP contribution is -2.31. The standard InChI is InChI=1S/C31H33BrN4O4/c1-20(37)36(18-4-17-35(2)3)25-13-11-24(12-14-25)33-30(22-8-5-21(6-9-22)7-16-28(38)39)29-26-15-10-23(32)19-27(26)34-31(29)40/h5-6,8-15,19,29H,4,7,16-18H2,1-3H3,(H,34,40)(H,38,39). The number of hydrogen-bond donors (Lipinski definition) is 2. The van der Waals surface area contributed by atoms with E-state index in [4.69, 9.17) is 10.1 Å². The van der Waals surface area contributed by atoms with Gasteiger partial charge in [-0.25, -0.2) is 0 Å². The van der Waals surface area contributed by atoms with Crippen molar-refractivity contribution in [3.05, 3.63) is 87.9 Å². The second kappa shape index (κ2) is 13.0. The molecule has 2 N–H and O–H groups in total. The van der Waals surface area contributed by atoms with Gasteiger partial charge in [-0.15, -0.1) is 0 Å². The smallest absolute Gasteiger partial charge is 0.303 e. The van der Waals surface area contributed by atoms with Gasteiger partial charge in [-0.2, -0.15) is 0 Å². The van der Waals surface area contributed by atoms with E-state index >= 15 is 0 Å². The van der Waals surface area contributed by atoms with Gasteiger partial charge < -0.3 is 20.2 Å². The van der Waals surface area contributed by atoms with Crippen LogP contribution in [0.15, 0.2) is 76.2 Å². The third-order valence-corrected chi connectivity index (χ3v) is 7.27. The Bertz CT molecular complexity index is 1420. The first-order valence-electron chi connectivity index (χ1n) is 13.2. The molecule has 9 heteroatoms. The monoisotopic (exact) mass is 604 g/mol. The molecule has 208 valence electrons. The van der Waals surface area contributed by atoms with Crippen LogP contribution in [-0.2, 0) is 20.8 Å². The zero-order valence-electron chi connectivity index (χ0n) is 22.9. The number of fused-ring (bicyclic) bond motifs is 1. The highest BCUT2D eigenvalue weighted by atomic mass is 79.9. The van der Waals surface area contributed by atoms with Gasteiger partial charge >= 0.3 is 5.97 Å². The average molecular weight is 606 g/mol. The van der Waals surface area contributed by atoms with E-state index < -0.39 is 11.9 Å². The van der Waals surface area contributed by atoms with Crippen molar-refractivity contribution in [3.63, 3.8) is 0 Å². The molecule has 4 rings (SSSR count). The number of nitrogens with one attached hydrogen (secondary N) is 1. The Morgan fingerprint density at radius 3 is 2.33 bits per heavy atom. The molecule has 1 aliphatic rings. The maximum absolute atomic E-state index is 13.2. The topological polar surface area (TPSA) is 102 Å². The number of carbonyl (C=O) groups is 3. The molecule has 0 aliphatic carbocycles. The molecule has 2 amide bonds. The molecule has 0 radical (unpaired) electrons. The fourth-order valence-electron chi connectivity index (χ4n) is 4.75. The quantitative estimate of drug-likeness (QED) is 0.276. The van der Waals surface area contributed by atoms with Crippen LogP contribution in [0.5, 0.6) is 0 Å². The fraction of sp³-hybridized carbons (Fsp3) is 0.290. The van der Waals surface area contributed by atoms with E-state index in [9.17, 15) is 14.4 Å². The summed E-state index contributed by atoms with van der Waals surface area (Å²) in [5.74, 6) is -1.65. The van der Waals surface area contributed by atoms with Crippen molar-refractivity contribution < 1.29 is 19.5 Å². The van der Waals surface area contributed by atoms with E-state index in [2.05, 4.69) is 26.1 Å². The highest BCUT2D eigenvalue weighted by Gasteiger charge is 2.35. The van der Waals surface area contributed by atoms with E-state index in [0.717, 1.165) is 45.5 Å². The molecule has 0 aromatic heterocycles. The summed E-state index contributed by atoms with van der Waals surface area (Å²) in [5, 5.41) is 12.0. The van der Waals surface area contributed by atoms with E-state index in [1.807, 2.05) is 80.8 Å². The predicted molar refractivity (Wildman–Crippen MR) is 162 cm³/mol. The summed E-state index contributed by atoms with van der Waals surface area (Å²) in [6.07, 6.45) is 1.32. The van der Waals surface area contributed by atoms with Gasteiger partial charge in [-0.05, 0) is 86.6 Å². The number of anilines is 2. The van der Waals surface area contributed by atoms with Crippen LogP contribution in [0.25, 0.3) is 0 Å². The van der Waals surface area contributed by atoms with Crippen LogP contribution < -0.4 is 10.2 Å². The molecule has 3 aromatic carbocycles. The number of carboxylic acids is 1. The summed E-state index contributed by atoms with van der Waals surface area (Å²) in [6.45, 7) is 3.06. The molecule has 1 unspecified atom stereocenters. The Labute approximate surface area is 242 Å². The molecule has 1 atom stereocenters. The molecule has 0 spiro atoms. The first-order valence-corrected chi connectivity index (χ1v) is 13.9. The third kappa shape index (κ3) is 7.22. The summed E-state index contributed by atoms with van der Waals surface area (Å²) in [6, 6.07) is 20.7. The Morgan fingerprint density at radius 2 is 1.70 bits per heavy atom. The predicted octanol–water partition coefficient (Wildman–Crippen LogP) is 5.63. The summed E-state index contributed by atoms with van der Waals surface area (Å²) in [5.41, 5.74) is 5.28. The second-order valence-corrected chi connectivity index (χ2v) is 11.0. The van der Waals surface area contributed by atoms with E-state index in [1.54, 1.807) is 11.8 Å². The number of carbonyl (C=O) groups excluding carboxylic acids is 2. The number of amides is 2. The number of halogens is 1. The number of rotatable bonds is 11. The van der Waals surface area contributed by atoms with Crippen molar-refractivity contribution in [3.8, 4) is 0 Å². The van der Waals surface area contributed by atoms with Gasteiger partial charge in [0.25, 0.3) is 0 Å². The van der Waals surface area contributed by atoms with Crippen molar-refractivity contribution in [2.45, 2.75) is 32.1 Å². The average Bonchev–Trinajstić information content (AvgIpc) is 3.23. The fourth-order valence-corrected chi connectivity index (χ4v) is 5.12. The number of aliphatic imine (C=N–C) groups is 1. The molecule has 0 saturated carbocycles. The molecule has 1 aliphatic heterocycles. The summed E-state index contributed by atoms with van der Waals surface area (Å²) < 4.78 is 0.865. The van der Waals surface area contributed by atoms with Crippen molar-refractivity contribution in [1.29, 1.82) is 0 Å². The van der Waals surface area contributed by atoms with Crippen LogP contribution in [0.2, 0.25) is 0 Å². The summed E-state index contributed by atoms with van der Waals surface area (Å²) in [7, 11) is 4.02. The molecule has 40 heavy (non-hydrogen) atoms. The van der Waals surface area contributed by atoms with Crippen molar-refractivity contribution in [1.82, 2.24) is 4.90 Å². The number of hydrogen-bond acceptors (Lipinski definition) is 5. The lowest BCUT2D eigenvalue weighted by molar-refractivity contribution is -0.137. The maximum atomic E-state index is 13.2. The van der Waals surface area contributed by atoms with Crippen molar-refractivity contribution in [2.24, 2.45) is 4.99 Å². The molecule has 0 fully saturated rings. The molecule has 8 nitrogen and oxygen atoms in total. The molecular formula is C31H33BrN4O4. The zero-order valence-corrected chi connectivity index (χ0v) is 24.4. The van der Waals surface area contributed by atoms with E-state index in [1.165, 1.54) is 0 Å². The van der Waals surface area contributed by atoms with Crippen LogP contribution in [0.1, 0.15) is 42.4 Å². The lowest BCUT2D eigenvalue weighted by atomic mass is 9.90. The van der Waals surface area contributed by atoms with Gasteiger partial charge in [0.1, 0.15) is 5.92 Å². The minimum Gasteiger partial charge on any atom is -0.481 e. The Morgan fingerprint density at radius 1 is 1.00 bits per heavy atom. The van der Waals surface area contributed by atoms with Crippen LogP contribution in [0, 0.1) is 0 Å².